The first-order chi connectivity index (χ1) is 8.82. The summed E-state index contributed by atoms with van der Waals surface area (Å²) in [7, 11) is 1.95. The van der Waals surface area contributed by atoms with E-state index < -0.39 is 0 Å². The molecule has 2 saturated carbocycles. The zero-order chi connectivity index (χ0) is 12.8. The second-order valence-corrected chi connectivity index (χ2v) is 6.31. The Hall–Kier alpha value is -0.0800. The standard InChI is InChI=1S/C16H31NO/c1-3-13-17-15(14-9-8-10-14)16(18-2)11-6-4-5-7-12-16/h14-15,17H,3-13H2,1-2H3. The Morgan fingerprint density at radius 2 is 1.78 bits per heavy atom. The lowest BCUT2D eigenvalue weighted by Crippen LogP contribution is -2.57. The van der Waals surface area contributed by atoms with Crippen molar-refractivity contribution in [2.24, 2.45) is 5.92 Å². The highest BCUT2D eigenvalue weighted by Gasteiger charge is 2.44. The quantitative estimate of drug-likeness (QED) is 0.725. The number of rotatable bonds is 6. The number of hydrogen-bond donors (Lipinski definition) is 1. The highest BCUT2D eigenvalue weighted by Crippen LogP contribution is 2.41. The van der Waals surface area contributed by atoms with E-state index >= 15 is 0 Å². The van der Waals surface area contributed by atoms with Crippen molar-refractivity contribution >= 4 is 0 Å². The SMILES string of the molecule is CCCNC(C1CCC1)C1(OC)CCCCCC1. The van der Waals surface area contributed by atoms with Crippen LogP contribution >= 0.6 is 0 Å². The summed E-state index contributed by atoms with van der Waals surface area (Å²) < 4.78 is 6.11. The summed E-state index contributed by atoms with van der Waals surface area (Å²) in [6.45, 7) is 3.41. The van der Waals surface area contributed by atoms with E-state index in [1.165, 1.54) is 64.2 Å². The third-order valence-corrected chi connectivity index (χ3v) is 5.16. The second-order valence-electron chi connectivity index (χ2n) is 6.31. The van der Waals surface area contributed by atoms with E-state index in [0.29, 0.717) is 6.04 Å². The Bertz CT molecular complexity index is 229. The van der Waals surface area contributed by atoms with Crippen LogP contribution in [0.2, 0.25) is 0 Å². The minimum Gasteiger partial charge on any atom is -0.377 e. The van der Waals surface area contributed by atoms with Crippen molar-refractivity contribution in [3.63, 3.8) is 0 Å². The molecule has 1 unspecified atom stereocenters. The van der Waals surface area contributed by atoms with Gasteiger partial charge in [-0.3, -0.25) is 0 Å². The molecule has 0 saturated heterocycles. The fraction of sp³-hybridized carbons (Fsp3) is 1.00. The zero-order valence-corrected chi connectivity index (χ0v) is 12.3. The van der Waals surface area contributed by atoms with Gasteiger partial charge in [-0.2, -0.15) is 0 Å². The maximum Gasteiger partial charge on any atom is 0.0833 e. The molecule has 2 heteroatoms. The van der Waals surface area contributed by atoms with Crippen molar-refractivity contribution in [2.45, 2.75) is 82.8 Å². The van der Waals surface area contributed by atoms with Crippen LogP contribution in [-0.4, -0.2) is 25.3 Å². The minimum atomic E-state index is 0.136. The van der Waals surface area contributed by atoms with E-state index in [-0.39, 0.29) is 5.60 Å². The largest absolute Gasteiger partial charge is 0.377 e. The average molecular weight is 253 g/mol. The van der Waals surface area contributed by atoms with Crippen LogP contribution in [0.1, 0.15) is 71.1 Å². The van der Waals surface area contributed by atoms with Gasteiger partial charge < -0.3 is 10.1 Å². The summed E-state index contributed by atoms with van der Waals surface area (Å²) in [5, 5.41) is 3.84. The molecule has 0 aromatic heterocycles. The van der Waals surface area contributed by atoms with Gasteiger partial charge in [0.25, 0.3) is 0 Å². The summed E-state index contributed by atoms with van der Waals surface area (Å²) in [5.41, 5.74) is 0.136. The number of methoxy groups -OCH3 is 1. The minimum absolute atomic E-state index is 0.136. The molecule has 0 radical (unpaired) electrons. The van der Waals surface area contributed by atoms with Gasteiger partial charge in [0.2, 0.25) is 0 Å². The van der Waals surface area contributed by atoms with Crippen molar-refractivity contribution in [3.8, 4) is 0 Å². The molecule has 0 spiro atoms. The van der Waals surface area contributed by atoms with E-state index in [1.54, 1.807) is 0 Å². The van der Waals surface area contributed by atoms with Gasteiger partial charge in [0.15, 0.2) is 0 Å². The lowest BCUT2D eigenvalue weighted by atomic mass is 9.70. The van der Waals surface area contributed by atoms with Crippen molar-refractivity contribution in [1.29, 1.82) is 0 Å². The van der Waals surface area contributed by atoms with Crippen molar-refractivity contribution in [2.75, 3.05) is 13.7 Å². The van der Waals surface area contributed by atoms with Gasteiger partial charge >= 0.3 is 0 Å². The second kappa shape index (κ2) is 6.91. The van der Waals surface area contributed by atoms with Crippen molar-refractivity contribution < 1.29 is 4.74 Å². The molecule has 18 heavy (non-hydrogen) atoms. The van der Waals surface area contributed by atoms with Crippen molar-refractivity contribution in [3.05, 3.63) is 0 Å². The summed E-state index contributed by atoms with van der Waals surface area (Å²) in [6.07, 6.45) is 13.5. The highest BCUT2D eigenvalue weighted by molar-refractivity contribution is 5.00. The predicted molar refractivity (Wildman–Crippen MR) is 76.9 cm³/mol. The molecule has 1 N–H and O–H groups in total. The van der Waals surface area contributed by atoms with Crippen LogP contribution in [0.25, 0.3) is 0 Å². The Labute approximate surface area is 113 Å². The number of nitrogens with one attached hydrogen (secondary N) is 1. The van der Waals surface area contributed by atoms with E-state index in [4.69, 9.17) is 4.74 Å². The molecular formula is C16H31NO. The molecule has 1 atom stereocenters. The fourth-order valence-electron chi connectivity index (χ4n) is 3.82. The third-order valence-electron chi connectivity index (χ3n) is 5.16. The first-order valence-corrected chi connectivity index (χ1v) is 8.11. The monoisotopic (exact) mass is 253 g/mol. The van der Waals surface area contributed by atoms with Gasteiger partial charge in [-0.05, 0) is 44.6 Å². The average Bonchev–Trinajstić information content (AvgIpc) is 2.58. The lowest BCUT2D eigenvalue weighted by molar-refractivity contribution is -0.0774. The molecule has 0 aromatic carbocycles. The number of ether oxygens (including phenoxy) is 1. The Morgan fingerprint density at radius 1 is 1.11 bits per heavy atom. The van der Waals surface area contributed by atoms with Gasteiger partial charge in [-0.15, -0.1) is 0 Å². The van der Waals surface area contributed by atoms with Crippen LogP contribution in [0.3, 0.4) is 0 Å². The Morgan fingerprint density at radius 3 is 2.22 bits per heavy atom. The highest BCUT2D eigenvalue weighted by atomic mass is 16.5. The summed E-state index contributed by atoms with van der Waals surface area (Å²) in [6, 6.07) is 0.606. The molecule has 2 aliphatic carbocycles. The maximum absolute atomic E-state index is 6.11. The molecule has 2 rings (SSSR count). The maximum atomic E-state index is 6.11. The van der Waals surface area contributed by atoms with Crippen molar-refractivity contribution in [1.82, 2.24) is 5.32 Å². The van der Waals surface area contributed by atoms with Gasteiger partial charge in [0.1, 0.15) is 0 Å². The summed E-state index contributed by atoms with van der Waals surface area (Å²) >= 11 is 0. The van der Waals surface area contributed by atoms with Crippen LogP contribution in [0.4, 0.5) is 0 Å². The van der Waals surface area contributed by atoms with E-state index in [1.807, 2.05) is 7.11 Å². The van der Waals surface area contributed by atoms with Gasteiger partial charge in [-0.1, -0.05) is 39.0 Å². The fourth-order valence-corrected chi connectivity index (χ4v) is 3.82. The topological polar surface area (TPSA) is 21.3 Å². The predicted octanol–water partition coefficient (Wildman–Crippen LogP) is 3.89. The van der Waals surface area contributed by atoms with Crippen LogP contribution in [0, 0.1) is 5.92 Å². The Kier molecular flexibility index (Phi) is 5.50. The number of hydrogen-bond acceptors (Lipinski definition) is 2. The molecule has 2 fully saturated rings. The van der Waals surface area contributed by atoms with Crippen LogP contribution in [0.5, 0.6) is 0 Å². The molecule has 0 amide bonds. The molecule has 2 aliphatic rings. The molecule has 2 nitrogen and oxygen atoms in total. The smallest absolute Gasteiger partial charge is 0.0833 e. The molecular weight excluding hydrogens is 222 g/mol. The zero-order valence-electron chi connectivity index (χ0n) is 12.3. The van der Waals surface area contributed by atoms with Crippen LogP contribution < -0.4 is 5.32 Å². The normalized spacial score (nSPS) is 26.3. The molecule has 0 aromatic rings. The van der Waals surface area contributed by atoms with E-state index in [0.717, 1.165) is 12.5 Å². The first-order valence-electron chi connectivity index (χ1n) is 8.11. The molecule has 0 heterocycles. The third kappa shape index (κ3) is 3.08. The molecule has 0 aliphatic heterocycles. The molecule has 0 bridgehead atoms. The lowest BCUT2D eigenvalue weighted by Gasteiger charge is -2.47. The van der Waals surface area contributed by atoms with Gasteiger partial charge in [0, 0.05) is 13.2 Å². The van der Waals surface area contributed by atoms with Gasteiger partial charge in [-0.25, -0.2) is 0 Å². The van der Waals surface area contributed by atoms with Crippen LogP contribution in [-0.2, 0) is 4.74 Å². The van der Waals surface area contributed by atoms with Gasteiger partial charge in [0.05, 0.1) is 5.60 Å². The summed E-state index contributed by atoms with van der Waals surface area (Å²) in [4.78, 5) is 0. The summed E-state index contributed by atoms with van der Waals surface area (Å²) in [5.74, 6) is 0.870. The van der Waals surface area contributed by atoms with E-state index in [2.05, 4.69) is 12.2 Å². The Balaban J connectivity index is 2.07. The van der Waals surface area contributed by atoms with E-state index in [9.17, 15) is 0 Å². The first kappa shape index (κ1) is 14.3. The van der Waals surface area contributed by atoms with Crippen LogP contribution in [0.15, 0.2) is 0 Å². The molecule has 106 valence electrons.